The number of nitriles is 1. The van der Waals surface area contributed by atoms with E-state index in [-0.39, 0.29) is 12.5 Å². The van der Waals surface area contributed by atoms with Crippen LogP contribution in [-0.2, 0) is 6.42 Å². The Morgan fingerprint density at radius 3 is 2.83 bits per heavy atom. The van der Waals surface area contributed by atoms with Crippen molar-refractivity contribution in [1.29, 1.82) is 5.26 Å². The Bertz CT molecular complexity index is 287. The van der Waals surface area contributed by atoms with E-state index in [4.69, 9.17) is 10.4 Å². The first-order valence-corrected chi connectivity index (χ1v) is 4.63. The molecular formula is C9H11NOS. The average Bonchev–Trinajstić information content (AvgIpc) is 2.47. The van der Waals surface area contributed by atoms with Gasteiger partial charge in [0.15, 0.2) is 0 Å². The van der Waals surface area contributed by atoms with Crippen LogP contribution in [0.3, 0.4) is 0 Å². The van der Waals surface area contributed by atoms with E-state index in [2.05, 4.69) is 6.07 Å². The molecule has 1 aromatic heterocycles. The van der Waals surface area contributed by atoms with Gasteiger partial charge in [-0.25, -0.2) is 0 Å². The summed E-state index contributed by atoms with van der Waals surface area (Å²) in [6.45, 7) is 1.99. The fourth-order valence-electron chi connectivity index (χ4n) is 0.989. The van der Waals surface area contributed by atoms with E-state index in [9.17, 15) is 0 Å². The third-order valence-electron chi connectivity index (χ3n) is 1.65. The molecule has 1 atom stereocenters. The topological polar surface area (TPSA) is 44.0 Å². The van der Waals surface area contributed by atoms with Crippen LogP contribution in [0.5, 0.6) is 0 Å². The summed E-state index contributed by atoms with van der Waals surface area (Å²) in [5.41, 5.74) is 0. The van der Waals surface area contributed by atoms with Gasteiger partial charge in [-0.1, -0.05) is 0 Å². The zero-order valence-corrected chi connectivity index (χ0v) is 7.77. The molecule has 1 rings (SSSR count). The average molecular weight is 181 g/mol. The van der Waals surface area contributed by atoms with Crippen LogP contribution in [0.4, 0.5) is 0 Å². The summed E-state index contributed by atoms with van der Waals surface area (Å²) in [4.78, 5) is 2.42. The zero-order valence-electron chi connectivity index (χ0n) is 6.95. The predicted octanol–water partition coefficient (Wildman–Crippen LogP) is 1.73. The molecular weight excluding hydrogens is 170 g/mol. The second kappa shape index (κ2) is 4.24. The molecule has 0 spiro atoms. The number of aliphatic hydroxyl groups is 1. The van der Waals surface area contributed by atoms with E-state index < -0.39 is 0 Å². The van der Waals surface area contributed by atoms with Gasteiger partial charge in [-0.15, -0.1) is 11.3 Å². The van der Waals surface area contributed by atoms with Crippen LogP contribution in [0, 0.1) is 24.2 Å². The maximum Gasteiger partial charge on any atom is 0.0742 e. The van der Waals surface area contributed by atoms with E-state index in [1.807, 2.05) is 19.1 Å². The van der Waals surface area contributed by atoms with Gasteiger partial charge in [0.25, 0.3) is 0 Å². The van der Waals surface area contributed by atoms with Crippen LogP contribution in [0.1, 0.15) is 9.75 Å². The maximum absolute atomic E-state index is 8.78. The molecule has 0 radical (unpaired) electrons. The fourth-order valence-corrected chi connectivity index (χ4v) is 1.96. The molecule has 12 heavy (non-hydrogen) atoms. The molecule has 0 bridgehead atoms. The maximum atomic E-state index is 8.78. The number of aryl methyl sites for hydroxylation is 1. The van der Waals surface area contributed by atoms with Gasteiger partial charge in [0.05, 0.1) is 18.6 Å². The zero-order chi connectivity index (χ0) is 8.97. The lowest BCUT2D eigenvalue weighted by atomic mass is 10.1. The summed E-state index contributed by atoms with van der Waals surface area (Å²) in [5, 5.41) is 17.4. The minimum atomic E-state index is -0.247. The summed E-state index contributed by atoms with van der Waals surface area (Å²) in [5.74, 6) is -0.247. The molecule has 0 aliphatic carbocycles. The second-order valence-electron chi connectivity index (χ2n) is 2.73. The Morgan fingerprint density at radius 1 is 1.67 bits per heavy atom. The number of hydrogen-bond acceptors (Lipinski definition) is 3. The second-order valence-corrected chi connectivity index (χ2v) is 4.10. The Hall–Kier alpha value is -0.850. The van der Waals surface area contributed by atoms with Gasteiger partial charge in [0, 0.05) is 9.75 Å². The molecule has 64 valence electrons. The lowest BCUT2D eigenvalue weighted by Crippen LogP contribution is -2.05. The molecule has 3 heteroatoms. The SMILES string of the molecule is Cc1ccc(C[C@@H](C#N)CO)s1. The number of aliphatic hydroxyl groups excluding tert-OH is 1. The highest BCUT2D eigenvalue weighted by molar-refractivity contribution is 7.11. The molecule has 2 nitrogen and oxygen atoms in total. The van der Waals surface area contributed by atoms with Crippen molar-refractivity contribution in [2.24, 2.45) is 5.92 Å². The van der Waals surface area contributed by atoms with Gasteiger partial charge in [-0.05, 0) is 25.5 Å². The van der Waals surface area contributed by atoms with Gasteiger partial charge in [-0.2, -0.15) is 5.26 Å². The molecule has 1 heterocycles. The molecule has 0 saturated carbocycles. The fraction of sp³-hybridized carbons (Fsp3) is 0.444. The quantitative estimate of drug-likeness (QED) is 0.771. The largest absolute Gasteiger partial charge is 0.395 e. The minimum absolute atomic E-state index is 0.0482. The Balaban J connectivity index is 2.58. The number of hydrogen-bond donors (Lipinski definition) is 1. The lowest BCUT2D eigenvalue weighted by molar-refractivity contribution is 0.256. The first-order valence-electron chi connectivity index (χ1n) is 3.82. The summed E-state index contributed by atoms with van der Waals surface area (Å²) >= 11 is 1.68. The number of nitrogens with zero attached hydrogens (tertiary/aromatic N) is 1. The lowest BCUT2D eigenvalue weighted by Gasteiger charge is -2.00. The Kier molecular flexibility index (Phi) is 3.27. The highest BCUT2D eigenvalue weighted by Crippen LogP contribution is 2.18. The standard InChI is InChI=1S/C9H11NOS/c1-7-2-3-9(12-7)4-8(5-10)6-11/h2-3,8,11H,4,6H2,1H3/t8-/m0/s1. The third-order valence-corrected chi connectivity index (χ3v) is 2.67. The van der Waals surface area contributed by atoms with Crippen molar-refractivity contribution in [3.05, 3.63) is 21.9 Å². The van der Waals surface area contributed by atoms with Gasteiger partial charge < -0.3 is 5.11 Å². The normalized spacial score (nSPS) is 12.4. The molecule has 0 amide bonds. The molecule has 0 aliphatic heterocycles. The monoisotopic (exact) mass is 181 g/mol. The molecule has 1 N–H and O–H groups in total. The van der Waals surface area contributed by atoms with Crippen molar-refractivity contribution in [1.82, 2.24) is 0 Å². The minimum Gasteiger partial charge on any atom is -0.395 e. The summed E-state index contributed by atoms with van der Waals surface area (Å²) in [7, 11) is 0. The van der Waals surface area contributed by atoms with Crippen LogP contribution < -0.4 is 0 Å². The number of rotatable bonds is 3. The van der Waals surface area contributed by atoms with Crippen molar-refractivity contribution in [2.45, 2.75) is 13.3 Å². The summed E-state index contributed by atoms with van der Waals surface area (Å²) < 4.78 is 0. The van der Waals surface area contributed by atoms with E-state index in [1.54, 1.807) is 11.3 Å². The van der Waals surface area contributed by atoms with E-state index in [0.717, 1.165) is 0 Å². The molecule has 0 saturated heterocycles. The molecule has 0 aliphatic rings. The van der Waals surface area contributed by atoms with E-state index in [1.165, 1.54) is 9.75 Å². The Morgan fingerprint density at radius 2 is 2.42 bits per heavy atom. The van der Waals surface area contributed by atoms with Crippen molar-refractivity contribution in [2.75, 3.05) is 6.61 Å². The van der Waals surface area contributed by atoms with Crippen molar-refractivity contribution >= 4 is 11.3 Å². The van der Waals surface area contributed by atoms with E-state index in [0.29, 0.717) is 6.42 Å². The van der Waals surface area contributed by atoms with E-state index >= 15 is 0 Å². The van der Waals surface area contributed by atoms with Gasteiger partial charge in [-0.3, -0.25) is 0 Å². The highest BCUT2D eigenvalue weighted by Gasteiger charge is 2.07. The summed E-state index contributed by atoms with van der Waals surface area (Å²) in [6.07, 6.45) is 0.672. The third kappa shape index (κ3) is 2.33. The summed E-state index contributed by atoms with van der Waals surface area (Å²) in [6, 6.07) is 6.11. The van der Waals surface area contributed by atoms with Crippen LogP contribution in [-0.4, -0.2) is 11.7 Å². The molecule has 0 unspecified atom stereocenters. The van der Waals surface area contributed by atoms with Crippen molar-refractivity contribution in [3.8, 4) is 6.07 Å². The highest BCUT2D eigenvalue weighted by atomic mass is 32.1. The number of thiophene rings is 1. The van der Waals surface area contributed by atoms with Gasteiger partial charge in [0.2, 0.25) is 0 Å². The smallest absolute Gasteiger partial charge is 0.0742 e. The van der Waals surface area contributed by atoms with Crippen LogP contribution in [0.15, 0.2) is 12.1 Å². The molecule has 0 fully saturated rings. The van der Waals surface area contributed by atoms with Crippen molar-refractivity contribution in [3.63, 3.8) is 0 Å². The molecule has 0 aromatic carbocycles. The predicted molar refractivity (Wildman–Crippen MR) is 48.9 cm³/mol. The van der Waals surface area contributed by atoms with Crippen LogP contribution in [0.25, 0.3) is 0 Å². The van der Waals surface area contributed by atoms with Crippen LogP contribution >= 0.6 is 11.3 Å². The van der Waals surface area contributed by atoms with Crippen molar-refractivity contribution < 1.29 is 5.11 Å². The first-order chi connectivity index (χ1) is 5.76. The van der Waals surface area contributed by atoms with Gasteiger partial charge >= 0.3 is 0 Å². The van der Waals surface area contributed by atoms with Crippen LogP contribution in [0.2, 0.25) is 0 Å². The Labute approximate surface area is 76.1 Å². The molecule has 1 aromatic rings. The van der Waals surface area contributed by atoms with Gasteiger partial charge in [0.1, 0.15) is 0 Å². The first kappa shape index (κ1) is 9.24.